The molecular weight excluding hydrogens is 315 g/mol. The molecule has 0 rings (SSSR count). The molecule has 0 aromatic rings. The maximum Gasteiger partial charge on any atom is 0 e. The zero-order valence-corrected chi connectivity index (χ0v) is 6.69. The third-order valence-electron chi connectivity index (χ3n) is 0. The van der Waals surface area contributed by atoms with Crippen molar-refractivity contribution in [2.24, 2.45) is 10.7 Å². The monoisotopic (exact) mass is 321 g/mol. The van der Waals surface area contributed by atoms with E-state index in [1.54, 1.807) is 0 Å². The summed E-state index contributed by atoms with van der Waals surface area (Å²) in [6, 6.07) is 0. The second-order valence-corrected chi connectivity index (χ2v) is 0.149. The summed E-state index contributed by atoms with van der Waals surface area (Å²) in [5, 5.41) is 18.0. The van der Waals surface area contributed by atoms with Gasteiger partial charge in [-0.2, -0.15) is 0 Å². The van der Waals surface area contributed by atoms with Crippen molar-refractivity contribution in [3.05, 3.63) is 26.4 Å². The fourth-order valence-corrected chi connectivity index (χ4v) is 0. The summed E-state index contributed by atoms with van der Waals surface area (Å²) < 4.78 is 0. The molecule has 0 aliphatic heterocycles. The predicted octanol–water partition coefficient (Wildman–Crippen LogP) is 1.59. The van der Waals surface area contributed by atoms with Crippen LogP contribution in [0, 0.1) is 20.2 Å². The summed E-state index contributed by atoms with van der Waals surface area (Å²) in [6.45, 7) is 0. The third-order valence-corrected chi connectivity index (χ3v) is 0. The molecule has 0 saturated heterocycles. The normalized spacial score (nSPS) is 2.67. The van der Waals surface area contributed by atoms with Crippen LogP contribution in [0.2, 0.25) is 0 Å². The number of nitrogens with zero attached hydrogens (tertiary/aromatic N) is 2. The van der Waals surface area contributed by atoms with Crippen LogP contribution in [0.1, 0.15) is 0 Å². The van der Waals surface area contributed by atoms with Crippen LogP contribution in [-0.4, -0.2) is 0 Å². The minimum atomic E-state index is 0. The van der Waals surface area contributed by atoms with Crippen LogP contribution in [0.15, 0.2) is 10.7 Å². The Hall–Kier alpha value is -0.592. The van der Waals surface area contributed by atoms with E-state index in [-0.39, 0.29) is 33.4 Å². The van der Waals surface area contributed by atoms with Gasteiger partial charge in [0, 0.05) is 21.1 Å². The molecule has 0 spiro atoms. The van der Waals surface area contributed by atoms with Crippen molar-refractivity contribution in [2.75, 3.05) is 0 Å². The zero-order valence-electron chi connectivity index (χ0n) is 4.42. The maximum absolute atomic E-state index is 8.00. The number of hydrogen-bond acceptors (Lipinski definition) is 6. The number of quaternary nitrogens is 1. The van der Waals surface area contributed by atoms with Gasteiger partial charge in [0.2, 0.25) is 0 Å². The molecular formula is H6N4O4Pt-2. The Balaban J connectivity index is -0.00000000889. The fraction of sp³-hybridized carbons (Fsp3) is 0. The van der Waals surface area contributed by atoms with Gasteiger partial charge in [-0.05, 0) is 0 Å². The van der Waals surface area contributed by atoms with Crippen molar-refractivity contribution in [3.8, 4) is 0 Å². The predicted molar refractivity (Wildman–Crippen MR) is 29.6 cm³/mol. The smallest absolute Gasteiger partial charge is 0 e. The van der Waals surface area contributed by atoms with E-state index < -0.39 is 0 Å². The summed E-state index contributed by atoms with van der Waals surface area (Å²) in [6.07, 6.45) is 0. The van der Waals surface area contributed by atoms with E-state index in [2.05, 4.69) is 0 Å². The Morgan fingerprint density at radius 3 is 1.00 bits per heavy atom. The van der Waals surface area contributed by atoms with Gasteiger partial charge in [-0.25, -0.2) is 0 Å². The van der Waals surface area contributed by atoms with Gasteiger partial charge in [0.15, 0.2) is 0 Å². The number of rotatable bonds is 0. The van der Waals surface area contributed by atoms with E-state index in [0.717, 1.165) is 10.7 Å². The van der Waals surface area contributed by atoms with Crippen LogP contribution in [0.3, 0.4) is 0 Å². The maximum atomic E-state index is 8.00. The van der Waals surface area contributed by atoms with Gasteiger partial charge in [0.25, 0.3) is 0 Å². The van der Waals surface area contributed by atoms with E-state index in [4.69, 9.17) is 20.2 Å². The van der Waals surface area contributed by atoms with Gasteiger partial charge in [-0.15, -0.1) is 10.7 Å². The Bertz CT molecular complexity index is 33.5. The molecule has 0 fully saturated rings. The first-order valence-electron chi connectivity index (χ1n) is 0.730. The molecule has 8 nitrogen and oxygen atoms in total. The molecule has 9 heteroatoms. The zero-order chi connectivity index (χ0) is 5.41. The van der Waals surface area contributed by atoms with Crippen molar-refractivity contribution in [1.29, 1.82) is 0 Å². The number of hydrogen-bond donors (Lipinski definition) is 1. The van der Waals surface area contributed by atoms with Crippen molar-refractivity contribution in [2.45, 2.75) is 0 Å². The number of nitrogens with two attached hydrogens (primary N) is 1. The molecule has 0 radical (unpaired) electrons. The van der Waals surface area contributed by atoms with Crippen molar-refractivity contribution in [1.82, 2.24) is 6.15 Å². The third kappa shape index (κ3) is 619. The Kier molecular flexibility index (Phi) is 677. The summed E-state index contributed by atoms with van der Waals surface area (Å²) in [7, 11) is 0. The minimum absolute atomic E-state index is 0. The summed E-state index contributed by atoms with van der Waals surface area (Å²) in [5.74, 6) is 0. The van der Waals surface area contributed by atoms with Gasteiger partial charge in [-0.3, -0.25) is 0 Å². The van der Waals surface area contributed by atoms with Gasteiger partial charge in [0.05, 0.1) is 0 Å². The van der Waals surface area contributed by atoms with Crippen LogP contribution in [0.25, 0.3) is 6.15 Å². The first kappa shape index (κ1) is 39.7. The van der Waals surface area contributed by atoms with Crippen molar-refractivity contribution >= 4 is 0 Å². The van der Waals surface area contributed by atoms with E-state index in [1.165, 1.54) is 0 Å². The fourth-order valence-electron chi connectivity index (χ4n) is 0. The van der Waals surface area contributed by atoms with E-state index in [0.29, 0.717) is 0 Å². The molecule has 0 aliphatic rings. The Morgan fingerprint density at radius 2 is 1.00 bits per heavy atom. The molecule has 9 heavy (non-hydrogen) atoms. The van der Waals surface area contributed by atoms with Crippen molar-refractivity contribution in [3.63, 3.8) is 0 Å². The first-order chi connectivity index (χ1) is 2.83. The second kappa shape index (κ2) is 153. The van der Waals surface area contributed by atoms with Crippen molar-refractivity contribution < 1.29 is 21.1 Å². The molecule has 0 saturated carbocycles. The molecule has 0 bridgehead atoms. The van der Waals surface area contributed by atoms with Crippen LogP contribution in [0.5, 0.6) is 0 Å². The standard InChI is InChI=1S/2HNO2.H3N.H2N.Pt/c2*2-1-3;;;/h2*(H,2,3);1H3;1H2;/q;;;-1;/p-1. The summed E-state index contributed by atoms with van der Waals surface area (Å²) in [5.41, 5.74) is 0. The first-order valence-corrected chi connectivity index (χ1v) is 0.730. The van der Waals surface area contributed by atoms with E-state index >= 15 is 0 Å². The molecule has 0 aromatic heterocycles. The van der Waals surface area contributed by atoms with Gasteiger partial charge in [0.1, 0.15) is 0 Å². The molecule has 0 aromatic carbocycles. The molecule has 62 valence electrons. The van der Waals surface area contributed by atoms with Crippen LogP contribution >= 0.6 is 0 Å². The molecule has 0 aliphatic carbocycles. The van der Waals surface area contributed by atoms with Crippen LogP contribution < -0.4 is 6.15 Å². The van der Waals surface area contributed by atoms with E-state index in [1.807, 2.05) is 0 Å². The topological polar surface area (TPSA) is 175 Å². The van der Waals surface area contributed by atoms with Gasteiger partial charge >= 0.3 is 0 Å². The SMILES string of the molecule is O=N[O-].O=N[O-].[NH2-].[NH4+].[Pt]. The summed E-state index contributed by atoms with van der Waals surface area (Å²) in [4.78, 5) is 16.0. The molecule has 0 heterocycles. The minimum Gasteiger partial charge on any atom is -0.693 e. The van der Waals surface area contributed by atoms with Crippen LogP contribution in [0.4, 0.5) is 0 Å². The Morgan fingerprint density at radius 1 is 1.00 bits per heavy atom. The van der Waals surface area contributed by atoms with Crippen LogP contribution in [-0.2, 0) is 21.1 Å². The second-order valence-electron chi connectivity index (χ2n) is 0.149. The molecule has 0 unspecified atom stereocenters. The largest absolute Gasteiger partial charge is 0.693 e. The molecule has 6 N–H and O–H groups in total. The molecule has 0 amide bonds. The quantitative estimate of drug-likeness (QED) is 0.526. The average Bonchev–Trinajstić information content (AvgIpc) is 1.39. The van der Waals surface area contributed by atoms with Gasteiger partial charge < -0.3 is 32.5 Å². The Labute approximate surface area is 64.9 Å². The van der Waals surface area contributed by atoms with E-state index in [9.17, 15) is 0 Å². The average molecular weight is 321 g/mol. The summed E-state index contributed by atoms with van der Waals surface area (Å²) >= 11 is 0. The molecule has 0 atom stereocenters. The van der Waals surface area contributed by atoms with Gasteiger partial charge in [-0.1, -0.05) is 0 Å².